The van der Waals surface area contributed by atoms with Gasteiger partial charge in [-0.25, -0.2) is 4.39 Å². The number of rotatable bonds is 4. The van der Waals surface area contributed by atoms with Gasteiger partial charge in [-0.3, -0.25) is 0 Å². The molecule has 2 rings (SSSR count). The first-order valence-corrected chi connectivity index (χ1v) is 6.49. The van der Waals surface area contributed by atoms with Crippen molar-refractivity contribution in [1.29, 1.82) is 0 Å². The SMILES string of the molecule is CCOC1CCN(c2cc(F)cc(CO)c2)CC1. The topological polar surface area (TPSA) is 32.7 Å². The highest BCUT2D eigenvalue weighted by atomic mass is 19.1. The average molecular weight is 253 g/mol. The number of aliphatic hydroxyl groups excluding tert-OH is 1. The van der Waals surface area contributed by atoms with E-state index >= 15 is 0 Å². The Morgan fingerprint density at radius 3 is 2.67 bits per heavy atom. The highest BCUT2D eigenvalue weighted by Crippen LogP contribution is 2.23. The summed E-state index contributed by atoms with van der Waals surface area (Å²) in [4.78, 5) is 2.15. The van der Waals surface area contributed by atoms with Crippen molar-refractivity contribution < 1.29 is 14.2 Å². The van der Waals surface area contributed by atoms with Crippen LogP contribution in [-0.2, 0) is 11.3 Å². The molecule has 0 amide bonds. The van der Waals surface area contributed by atoms with E-state index in [2.05, 4.69) is 4.90 Å². The molecule has 1 aromatic carbocycles. The molecule has 1 N–H and O–H groups in total. The number of halogens is 1. The van der Waals surface area contributed by atoms with Gasteiger partial charge in [0.15, 0.2) is 0 Å². The van der Waals surface area contributed by atoms with E-state index in [4.69, 9.17) is 9.84 Å². The Morgan fingerprint density at radius 1 is 1.33 bits per heavy atom. The summed E-state index contributed by atoms with van der Waals surface area (Å²) in [6.45, 7) is 4.38. The minimum atomic E-state index is -0.288. The molecule has 0 aromatic heterocycles. The van der Waals surface area contributed by atoms with E-state index in [1.807, 2.05) is 13.0 Å². The number of hydrogen-bond donors (Lipinski definition) is 1. The summed E-state index contributed by atoms with van der Waals surface area (Å²) in [6, 6.07) is 4.75. The monoisotopic (exact) mass is 253 g/mol. The van der Waals surface area contributed by atoms with Crippen LogP contribution in [0, 0.1) is 5.82 Å². The molecular weight excluding hydrogens is 233 g/mol. The lowest BCUT2D eigenvalue weighted by molar-refractivity contribution is 0.0459. The van der Waals surface area contributed by atoms with Crippen molar-refractivity contribution in [3.8, 4) is 0 Å². The van der Waals surface area contributed by atoms with E-state index in [0.717, 1.165) is 38.2 Å². The van der Waals surface area contributed by atoms with Gasteiger partial charge in [0.05, 0.1) is 12.7 Å². The first kappa shape index (κ1) is 13.3. The molecule has 0 atom stereocenters. The zero-order valence-electron chi connectivity index (χ0n) is 10.7. The van der Waals surface area contributed by atoms with Crippen LogP contribution in [0.3, 0.4) is 0 Å². The molecule has 4 heteroatoms. The maximum atomic E-state index is 13.4. The summed E-state index contributed by atoms with van der Waals surface area (Å²) >= 11 is 0. The van der Waals surface area contributed by atoms with Gasteiger partial charge >= 0.3 is 0 Å². The fraction of sp³-hybridized carbons (Fsp3) is 0.571. The molecular formula is C14H20FNO2. The van der Waals surface area contributed by atoms with Crippen LogP contribution in [0.1, 0.15) is 25.3 Å². The smallest absolute Gasteiger partial charge is 0.125 e. The fourth-order valence-corrected chi connectivity index (χ4v) is 2.42. The third-order valence-corrected chi connectivity index (χ3v) is 3.33. The first-order chi connectivity index (χ1) is 8.72. The second kappa shape index (κ2) is 6.16. The highest BCUT2D eigenvalue weighted by molar-refractivity contribution is 5.49. The molecule has 0 spiro atoms. The number of anilines is 1. The summed E-state index contributed by atoms with van der Waals surface area (Å²) in [5.41, 5.74) is 1.48. The summed E-state index contributed by atoms with van der Waals surface area (Å²) in [5.74, 6) is -0.288. The molecule has 0 radical (unpaired) electrons. The zero-order chi connectivity index (χ0) is 13.0. The predicted octanol–water partition coefficient (Wildman–Crippen LogP) is 2.32. The molecule has 1 aliphatic rings. The largest absolute Gasteiger partial charge is 0.392 e. The van der Waals surface area contributed by atoms with E-state index in [-0.39, 0.29) is 12.4 Å². The molecule has 0 unspecified atom stereocenters. The number of piperidine rings is 1. The number of aliphatic hydroxyl groups is 1. The molecule has 0 saturated carbocycles. The second-order valence-electron chi connectivity index (χ2n) is 4.62. The number of benzene rings is 1. The number of hydrogen-bond acceptors (Lipinski definition) is 3. The number of nitrogens with zero attached hydrogens (tertiary/aromatic N) is 1. The third-order valence-electron chi connectivity index (χ3n) is 3.33. The van der Waals surface area contributed by atoms with E-state index < -0.39 is 0 Å². The van der Waals surface area contributed by atoms with E-state index in [1.54, 1.807) is 0 Å². The average Bonchev–Trinajstić information content (AvgIpc) is 2.39. The maximum Gasteiger partial charge on any atom is 0.125 e. The van der Waals surface area contributed by atoms with Gasteiger partial charge in [-0.05, 0) is 43.5 Å². The molecule has 1 aliphatic heterocycles. The quantitative estimate of drug-likeness (QED) is 0.894. The van der Waals surface area contributed by atoms with E-state index in [0.29, 0.717) is 11.7 Å². The lowest BCUT2D eigenvalue weighted by Gasteiger charge is -2.33. The Kier molecular flexibility index (Phi) is 4.55. The van der Waals surface area contributed by atoms with Crippen LogP contribution in [0.5, 0.6) is 0 Å². The highest BCUT2D eigenvalue weighted by Gasteiger charge is 2.20. The molecule has 3 nitrogen and oxygen atoms in total. The summed E-state index contributed by atoms with van der Waals surface area (Å²) in [5, 5.41) is 9.09. The summed E-state index contributed by atoms with van der Waals surface area (Å²) < 4.78 is 19.0. The van der Waals surface area contributed by atoms with Crippen molar-refractivity contribution in [3.05, 3.63) is 29.6 Å². The molecule has 1 saturated heterocycles. The number of ether oxygens (including phenoxy) is 1. The van der Waals surface area contributed by atoms with Crippen LogP contribution in [0.4, 0.5) is 10.1 Å². The van der Waals surface area contributed by atoms with Gasteiger partial charge in [0, 0.05) is 25.4 Å². The van der Waals surface area contributed by atoms with Gasteiger partial charge in [0.25, 0.3) is 0 Å². The summed E-state index contributed by atoms with van der Waals surface area (Å²) in [6.07, 6.45) is 2.27. The molecule has 100 valence electrons. The molecule has 0 aliphatic carbocycles. The Labute approximate surface area is 107 Å². The zero-order valence-corrected chi connectivity index (χ0v) is 10.7. The Bertz CT molecular complexity index is 389. The van der Waals surface area contributed by atoms with Gasteiger partial charge in [-0.1, -0.05) is 0 Å². The van der Waals surface area contributed by atoms with Crippen molar-refractivity contribution >= 4 is 5.69 Å². The predicted molar refractivity (Wildman–Crippen MR) is 69.2 cm³/mol. The fourth-order valence-electron chi connectivity index (χ4n) is 2.42. The van der Waals surface area contributed by atoms with Crippen LogP contribution in [0.25, 0.3) is 0 Å². The van der Waals surface area contributed by atoms with Crippen LogP contribution in [-0.4, -0.2) is 30.9 Å². The van der Waals surface area contributed by atoms with Gasteiger partial charge in [0.1, 0.15) is 5.82 Å². The third kappa shape index (κ3) is 3.21. The molecule has 18 heavy (non-hydrogen) atoms. The minimum absolute atomic E-state index is 0.125. The first-order valence-electron chi connectivity index (χ1n) is 6.49. The van der Waals surface area contributed by atoms with Crippen molar-refractivity contribution in [2.24, 2.45) is 0 Å². The molecule has 0 bridgehead atoms. The lowest BCUT2D eigenvalue weighted by Crippen LogP contribution is -2.37. The normalized spacial score (nSPS) is 17.2. The molecule has 1 aromatic rings. The standard InChI is InChI=1S/C14H20FNO2/c1-2-18-14-3-5-16(6-4-14)13-8-11(10-17)7-12(15)9-13/h7-9,14,17H,2-6,10H2,1H3. The Hall–Kier alpha value is -1.13. The van der Waals surface area contributed by atoms with Gasteiger partial charge in [-0.15, -0.1) is 0 Å². The van der Waals surface area contributed by atoms with Crippen molar-refractivity contribution in [3.63, 3.8) is 0 Å². The van der Waals surface area contributed by atoms with E-state index in [9.17, 15) is 4.39 Å². The molecule has 1 heterocycles. The summed E-state index contributed by atoms with van der Waals surface area (Å²) in [7, 11) is 0. The lowest BCUT2D eigenvalue weighted by atomic mass is 10.1. The van der Waals surface area contributed by atoms with Crippen molar-refractivity contribution in [2.45, 2.75) is 32.5 Å². The minimum Gasteiger partial charge on any atom is -0.392 e. The van der Waals surface area contributed by atoms with Crippen LogP contribution >= 0.6 is 0 Å². The van der Waals surface area contributed by atoms with E-state index in [1.165, 1.54) is 12.1 Å². The van der Waals surface area contributed by atoms with Crippen LogP contribution < -0.4 is 4.90 Å². The van der Waals surface area contributed by atoms with Crippen LogP contribution in [0.2, 0.25) is 0 Å². The Balaban J connectivity index is 2.02. The second-order valence-corrected chi connectivity index (χ2v) is 4.62. The van der Waals surface area contributed by atoms with Gasteiger partial charge in [0.2, 0.25) is 0 Å². The maximum absolute atomic E-state index is 13.4. The van der Waals surface area contributed by atoms with Gasteiger partial charge in [-0.2, -0.15) is 0 Å². The van der Waals surface area contributed by atoms with Gasteiger partial charge < -0.3 is 14.7 Å². The van der Waals surface area contributed by atoms with Crippen molar-refractivity contribution in [1.82, 2.24) is 0 Å². The van der Waals surface area contributed by atoms with Crippen LogP contribution in [0.15, 0.2) is 18.2 Å². The van der Waals surface area contributed by atoms with Crippen molar-refractivity contribution in [2.75, 3.05) is 24.6 Å². The molecule has 1 fully saturated rings. The Morgan fingerprint density at radius 2 is 2.06 bits per heavy atom.